The highest BCUT2D eigenvalue weighted by Crippen LogP contribution is 2.14. The van der Waals surface area contributed by atoms with E-state index in [-0.39, 0.29) is 10.6 Å². The van der Waals surface area contributed by atoms with E-state index in [0.29, 0.717) is 6.54 Å². The second-order valence-corrected chi connectivity index (χ2v) is 8.21. The van der Waals surface area contributed by atoms with Gasteiger partial charge in [-0.1, -0.05) is 18.2 Å². The van der Waals surface area contributed by atoms with Gasteiger partial charge in [0, 0.05) is 12.0 Å². The molecule has 1 aromatic rings. The Balaban J connectivity index is 2.13. The second kappa shape index (κ2) is 5.65. The second-order valence-electron chi connectivity index (χ2n) is 4.56. The van der Waals surface area contributed by atoms with Crippen LogP contribution in [0.25, 0.3) is 0 Å². The van der Waals surface area contributed by atoms with Gasteiger partial charge in [0.25, 0.3) is 0 Å². The predicted octanol–water partition coefficient (Wildman–Crippen LogP) is -0.00500. The van der Waals surface area contributed by atoms with Crippen LogP contribution < -0.4 is 10.0 Å². The molecule has 1 unspecified atom stereocenters. The number of hydrogen-bond acceptors (Lipinski definition) is 5. The summed E-state index contributed by atoms with van der Waals surface area (Å²) in [7, 11) is -5.19. The molecule has 0 radical (unpaired) electrons. The minimum atomic E-state index is -3.71. The molecule has 8 heteroatoms. The average Bonchev–Trinajstić information content (AvgIpc) is 2.69. The molecule has 0 amide bonds. The van der Waals surface area contributed by atoms with Crippen LogP contribution in [-0.4, -0.2) is 35.7 Å². The summed E-state index contributed by atoms with van der Waals surface area (Å²) in [6, 6.07) is 5.73. The van der Waals surface area contributed by atoms with Crippen molar-refractivity contribution in [2.75, 3.05) is 12.8 Å². The highest BCUT2D eigenvalue weighted by atomic mass is 32.2. The minimum absolute atomic E-state index is 0.120. The highest BCUT2D eigenvalue weighted by Gasteiger charge is 2.26. The smallest absolute Gasteiger partial charge is 0.241 e. The van der Waals surface area contributed by atoms with Crippen LogP contribution in [0.15, 0.2) is 40.6 Å². The Morgan fingerprint density at radius 1 is 1.25 bits per heavy atom. The van der Waals surface area contributed by atoms with Gasteiger partial charge < -0.3 is 5.32 Å². The molecule has 0 aromatic heterocycles. The molecule has 0 spiro atoms. The average molecular weight is 316 g/mol. The third-order valence-corrected chi connectivity index (χ3v) is 5.75. The number of benzene rings is 1. The fourth-order valence-corrected chi connectivity index (χ4v) is 4.44. The topological polar surface area (TPSA) is 92.3 Å². The van der Waals surface area contributed by atoms with Gasteiger partial charge in [0.1, 0.15) is 0 Å². The molecule has 2 N–H and O–H groups in total. The molecule has 110 valence electrons. The molecule has 1 aliphatic rings. The maximum Gasteiger partial charge on any atom is 0.241 e. The lowest BCUT2D eigenvalue weighted by molar-refractivity contribution is 0.575. The maximum atomic E-state index is 12.1. The van der Waals surface area contributed by atoms with Crippen LogP contribution in [0.4, 0.5) is 0 Å². The molecule has 1 heterocycles. The number of sulfone groups is 1. The molecular formula is C12H16N2O4S2. The maximum absolute atomic E-state index is 12.1. The zero-order chi connectivity index (χ0) is 14.8. The van der Waals surface area contributed by atoms with Crippen molar-refractivity contribution in [1.29, 1.82) is 0 Å². The lowest BCUT2D eigenvalue weighted by Crippen LogP contribution is -2.35. The van der Waals surface area contributed by atoms with Crippen molar-refractivity contribution in [3.05, 3.63) is 41.3 Å². The van der Waals surface area contributed by atoms with Crippen molar-refractivity contribution in [3.8, 4) is 0 Å². The first kappa shape index (κ1) is 15.2. The number of rotatable bonds is 5. The molecule has 0 saturated carbocycles. The zero-order valence-corrected chi connectivity index (χ0v) is 12.5. The Bertz CT molecular complexity index is 706. The summed E-state index contributed by atoms with van der Waals surface area (Å²) < 4.78 is 49.1. The van der Waals surface area contributed by atoms with Crippen LogP contribution in [-0.2, 0) is 26.4 Å². The van der Waals surface area contributed by atoms with Crippen LogP contribution in [0.2, 0.25) is 0 Å². The number of hydrogen-bond donors (Lipinski definition) is 2. The van der Waals surface area contributed by atoms with Gasteiger partial charge in [-0.2, -0.15) is 0 Å². The summed E-state index contributed by atoms with van der Waals surface area (Å²) in [4.78, 5) is 0.120. The van der Waals surface area contributed by atoms with Crippen molar-refractivity contribution in [2.24, 2.45) is 0 Å². The molecule has 2 rings (SSSR count). The summed E-state index contributed by atoms with van der Waals surface area (Å²) in [5.74, 6) is -0.232. The first-order valence-electron chi connectivity index (χ1n) is 5.99. The van der Waals surface area contributed by atoms with Crippen molar-refractivity contribution in [2.45, 2.75) is 17.5 Å². The molecular weight excluding hydrogens is 300 g/mol. The van der Waals surface area contributed by atoms with Gasteiger partial charge in [-0.25, -0.2) is 21.6 Å². The first-order valence-corrected chi connectivity index (χ1v) is 9.19. The minimum Gasteiger partial charge on any atom is -0.316 e. The summed E-state index contributed by atoms with van der Waals surface area (Å²) in [6.07, 6.45) is 1.35. The fourth-order valence-electron chi connectivity index (χ4n) is 1.91. The molecule has 6 nitrogen and oxygen atoms in total. The van der Waals surface area contributed by atoms with Crippen LogP contribution in [0.5, 0.6) is 0 Å². The van der Waals surface area contributed by atoms with E-state index in [4.69, 9.17) is 0 Å². The zero-order valence-electron chi connectivity index (χ0n) is 10.9. The first-order chi connectivity index (χ1) is 9.32. The molecule has 1 atom stereocenters. The van der Waals surface area contributed by atoms with Gasteiger partial charge in [0.15, 0.2) is 9.84 Å². The van der Waals surface area contributed by atoms with Crippen molar-refractivity contribution < 1.29 is 16.8 Å². The molecule has 1 aromatic carbocycles. The normalized spacial score (nSPS) is 21.1. The van der Waals surface area contributed by atoms with Gasteiger partial charge in [0.05, 0.1) is 16.7 Å². The standard InChI is InChI=1S/C12H16N2O4S2/c1-13-8-10-2-4-12(5-3-10)20(17,18)14-11-6-7-19(15,16)9-11/h2-7,11,13-14H,8-9H2,1H3. The molecule has 0 aliphatic carbocycles. The van der Waals surface area contributed by atoms with Gasteiger partial charge in [0.2, 0.25) is 10.0 Å². The van der Waals surface area contributed by atoms with Crippen LogP contribution >= 0.6 is 0 Å². The van der Waals surface area contributed by atoms with Crippen LogP contribution in [0.3, 0.4) is 0 Å². The number of nitrogens with one attached hydrogen (secondary N) is 2. The Labute approximate surface area is 118 Å². The van der Waals surface area contributed by atoms with E-state index in [1.807, 2.05) is 0 Å². The van der Waals surface area contributed by atoms with Gasteiger partial charge in [-0.05, 0) is 24.7 Å². The van der Waals surface area contributed by atoms with Crippen molar-refractivity contribution in [3.63, 3.8) is 0 Å². The van der Waals surface area contributed by atoms with E-state index in [0.717, 1.165) is 11.0 Å². The van der Waals surface area contributed by atoms with Crippen LogP contribution in [0.1, 0.15) is 5.56 Å². The summed E-state index contributed by atoms with van der Waals surface area (Å²) in [6.45, 7) is 0.650. The Morgan fingerprint density at radius 2 is 1.90 bits per heavy atom. The Hall–Kier alpha value is -1.22. The third kappa shape index (κ3) is 3.66. The van der Waals surface area contributed by atoms with Crippen molar-refractivity contribution >= 4 is 19.9 Å². The van der Waals surface area contributed by atoms with Gasteiger partial charge in [-0.15, -0.1) is 0 Å². The van der Waals surface area contributed by atoms with E-state index in [1.54, 1.807) is 19.2 Å². The summed E-state index contributed by atoms with van der Waals surface area (Å²) in [5, 5.41) is 4.01. The number of sulfonamides is 1. The van der Waals surface area contributed by atoms with Crippen molar-refractivity contribution in [1.82, 2.24) is 10.0 Å². The molecule has 0 saturated heterocycles. The van der Waals surface area contributed by atoms with Crippen LogP contribution in [0, 0.1) is 0 Å². The monoisotopic (exact) mass is 316 g/mol. The van der Waals surface area contributed by atoms with Gasteiger partial charge >= 0.3 is 0 Å². The highest BCUT2D eigenvalue weighted by molar-refractivity contribution is 7.94. The largest absolute Gasteiger partial charge is 0.316 e. The summed E-state index contributed by atoms with van der Waals surface area (Å²) >= 11 is 0. The molecule has 1 aliphatic heterocycles. The SMILES string of the molecule is CNCc1ccc(S(=O)(=O)NC2C=CS(=O)(=O)C2)cc1. The third-order valence-electron chi connectivity index (χ3n) is 2.85. The molecule has 0 fully saturated rings. The Morgan fingerprint density at radius 3 is 2.40 bits per heavy atom. The lowest BCUT2D eigenvalue weighted by atomic mass is 10.2. The molecule has 20 heavy (non-hydrogen) atoms. The van der Waals surface area contributed by atoms with Gasteiger partial charge in [-0.3, -0.25) is 0 Å². The Kier molecular flexibility index (Phi) is 4.28. The van der Waals surface area contributed by atoms with E-state index < -0.39 is 25.9 Å². The summed E-state index contributed by atoms with van der Waals surface area (Å²) in [5.41, 5.74) is 0.967. The quantitative estimate of drug-likeness (QED) is 0.797. The van der Waals surface area contributed by atoms with E-state index in [9.17, 15) is 16.8 Å². The van der Waals surface area contributed by atoms with E-state index in [1.165, 1.54) is 18.2 Å². The fraction of sp³-hybridized carbons (Fsp3) is 0.333. The molecule has 0 bridgehead atoms. The lowest BCUT2D eigenvalue weighted by Gasteiger charge is -2.11. The predicted molar refractivity (Wildman–Crippen MR) is 76.2 cm³/mol. The van der Waals surface area contributed by atoms with E-state index >= 15 is 0 Å². The van der Waals surface area contributed by atoms with E-state index in [2.05, 4.69) is 10.0 Å².